The first-order valence-electron chi connectivity index (χ1n) is 5.70. The third kappa shape index (κ3) is 3.28. The fraction of sp³-hybridized carbons (Fsp3) is 0. The second-order valence-electron chi connectivity index (χ2n) is 3.93. The van der Waals surface area contributed by atoms with E-state index in [1.165, 1.54) is 12.1 Å². The van der Waals surface area contributed by atoms with Crippen LogP contribution in [0.5, 0.6) is 0 Å². The number of aromatic nitrogens is 1. The van der Waals surface area contributed by atoms with Crippen molar-refractivity contribution >= 4 is 23.1 Å². The summed E-state index contributed by atoms with van der Waals surface area (Å²) in [6, 6.07) is 7.62. The maximum atomic E-state index is 13.4. The van der Waals surface area contributed by atoms with E-state index in [0.717, 1.165) is 12.1 Å². The third-order valence-electron chi connectivity index (χ3n) is 2.53. The number of nitrogens with zero attached hydrogens (tertiary/aromatic N) is 2. The molecule has 0 bridgehead atoms. The first kappa shape index (κ1) is 14.3. The lowest BCUT2D eigenvalue weighted by Crippen LogP contribution is -2.16. The molecule has 2 aromatic rings. The zero-order valence-corrected chi connectivity index (χ0v) is 10.5. The molecule has 0 spiro atoms. The summed E-state index contributed by atoms with van der Waals surface area (Å²) in [7, 11) is 0. The molecule has 0 fully saturated rings. The fourth-order valence-electron chi connectivity index (χ4n) is 1.57. The van der Waals surface area contributed by atoms with Gasteiger partial charge in [0, 0.05) is 17.8 Å². The average Bonchev–Trinajstić information content (AvgIpc) is 2.47. The van der Waals surface area contributed by atoms with Gasteiger partial charge in [-0.05, 0) is 18.2 Å². The van der Waals surface area contributed by atoms with Crippen LogP contribution in [0, 0.1) is 15.9 Å². The van der Waals surface area contributed by atoms with Crippen molar-refractivity contribution in [2.24, 2.45) is 5.84 Å². The SMILES string of the molecule is NNc1cccc(C(=O)Nc2ccc([N+](=O)[O-])c(F)c2)n1. The Balaban J connectivity index is 2.19. The second kappa shape index (κ2) is 5.92. The van der Waals surface area contributed by atoms with Gasteiger partial charge in [-0.15, -0.1) is 0 Å². The fourth-order valence-corrected chi connectivity index (χ4v) is 1.57. The molecular weight excluding hydrogens is 281 g/mol. The predicted molar refractivity (Wildman–Crippen MR) is 73.1 cm³/mol. The van der Waals surface area contributed by atoms with Crippen molar-refractivity contribution in [1.29, 1.82) is 0 Å². The van der Waals surface area contributed by atoms with E-state index in [2.05, 4.69) is 15.7 Å². The molecule has 21 heavy (non-hydrogen) atoms. The number of nitrogen functional groups attached to an aromatic ring is 1. The largest absolute Gasteiger partial charge is 0.321 e. The average molecular weight is 291 g/mol. The Morgan fingerprint density at radius 2 is 2.10 bits per heavy atom. The zero-order valence-electron chi connectivity index (χ0n) is 10.5. The Hall–Kier alpha value is -3.07. The molecular formula is C12H10FN5O3. The molecule has 2 rings (SSSR count). The van der Waals surface area contributed by atoms with Crippen molar-refractivity contribution < 1.29 is 14.1 Å². The van der Waals surface area contributed by atoms with E-state index in [-0.39, 0.29) is 17.2 Å². The smallest absolute Gasteiger partial charge is 0.304 e. The quantitative estimate of drug-likeness (QED) is 0.447. The van der Waals surface area contributed by atoms with Crippen LogP contribution in [0.4, 0.5) is 21.6 Å². The Morgan fingerprint density at radius 3 is 2.71 bits per heavy atom. The van der Waals surface area contributed by atoms with Gasteiger partial charge in [-0.1, -0.05) is 6.07 Å². The number of hydrogen-bond acceptors (Lipinski definition) is 6. The summed E-state index contributed by atoms with van der Waals surface area (Å²) < 4.78 is 13.4. The predicted octanol–water partition coefficient (Wildman–Crippen LogP) is 1.67. The monoisotopic (exact) mass is 291 g/mol. The van der Waals surface area contributed by atoms with Crippen LogP contribution in [0.1, 0.15) is 10.5 Å². The first-order chi connectivity index (χ1) is 10.0. The molecule has 1 heterocycles. The van der Waals surface area contributed by atoms with Gasteiger partial charge < -0.3 is 10.7 Å². The molecule has 9 heteroatoms. The number of hydrazine groups is 1. The number of hydrogen-bond donors (Lipinski definition) is 3. The summed E-state index contributed by atoms with van der Waals surface area (Å²) in [4.78, 5) is 25.5. The zero-order chi connectivity index (χ0) is 15.4. The molecule has 1 amide bonds. The minimum absolute atomic E-state index is 0.0595. The van der Waals surface area contributed by atoms with E-state index >= 15 is 0 Å². The molecule has 0 saturated heterocycles. The number of nitrogens with two attached hydrogens (primary N) is 1. The number of amides is 1. The normalized spacial score (nSPS) is 10.0. The Labute approximate surface area is 117 Å². The van der Waals surface area contributed by atoms with Gasteiger partial charge in [0.25, 0.3) is 5.91 Å². The van der Waals surface area contributed by atoms with Gasteiger partial charge in [0.05, 0.1) is 4.92 Å². The van der Waals surface area contributed by atoms with E-state index in [4.69, 9.17) is 5.84 Å². The third-order valence-corrected chi connectivity index (χ3v) is 2.53. The molecule has 0 aliphatic heterocycles. The molecule has 0 radical (unpaired) electrons. The molecule has 8 nitrogen and oxygen atoms in total. The number of nitro benzene ring substituents is 1. The summed E-state index contributed by atoms with van der Waals surface area (Å²) in [5.41, 5.74) is 1.76. The highest BCUT2D eigenvalue weighted by Crippen LogP contribution is 2.21. The summed E-state index contributed by atoms with van der Waals surface area (Å²) in [5.74, 6) is 3.83. The second-order valence-corrected chi connectivity index (χ2v) is 3.93. The minimum Gasteiger partial charge on any atom is -0.321 e. The molecule has 0 unspecified atom stereocenters. The number of rotatable bonds is 4. The molecule has 0 atom stereocenters. The number of pyridine rings is 1. The first-order valence-corrected chi connectivity index (χ1v) is 5.70. The van der Waals surface area contributed by atoms with Crippen molar-refractivity contribution in [3.8, 4) is 0 Å². The number of nitrogens with one attached hydrogen (secondary N) is 2. The van der Waals surface area contributed by atoms with Crippen LogP contribution in [0.3, 0.4) is 0 Å². The Morgan fingerprint density at radius 1 is 1.33 bits per heavy atom. The van der Waals surface area contributed by atoms with Gasteiger partial charge in [-0.2, -0.15) is 4.39 Å². The van der Waals surface area contributed by atoms with Gasteiger partial charge in [-0.3, -0.25) is 14.9 Å². The number of halogens is 1. The highest BCUT2D eigenvalue weighted by Gasteiger charge is 2.15. The Kier molecular flexibility index (Phi) is 4.05. The van der Waals surface area contributed by atoms with Crippen LogP contribution in [-0.2, 0) is 0 Å². The van der Waals surface area contributed by atoms with Crippen LogP contribution >= 0.6 is 0 Å². The number of anilines is 2. The van der Waals surface area contributed by atoms with Crippen molar-refractivity contribution in [2.45, 2.75) is 0 Å². The van der Waals surface area contributed by atoms with Gasteiger partial charge in [0.15, 0.2) is 0 Å². The number of carbonyl (C=O) groups is 1. The number of carbonyl (C=O) groups excluding carboxylic acids is 1. The van der Waals surface area contributed by atoms with E-state index in [9.17, 15) is 19.3 Å². The summed E-state index contributed by atoms with van der Waals surface area (Å²) in [5, 5.41) is 12.9. The minimum atomic E-state index is -1.04. The van der Waals surface area contributed by atoms with Crippen LogP contribution < -0.4 is 16.6 Å². The van der Waals surface area contributed by atoms with Gasteiger partial charge in [0.1, 0.15) is 11.5 Å². The standard InChI is InChI=1S/C12H10FN5O3/c13-8-6-7(4-5-10(8)18(20)21)15-12(19)9-2-1-3-11(16-9)17-14/h1-6H,14H2,(H,15,19)(H,16,17). The van der Waals surface area contributed by atoms with Gasteiger partial charge in [-0.25, -0.2) is 10.8 Å². The highest BCUT2D eigenvalue weighted by molar-refractivity contribution is 6.03. The molecule has 0 aliphatic carbocycles. The van der Waals surface area contributed by atoms with E-state index in [0.29, 0.717) is 0 Å². The van der Waals surface area contributed by atoms with Gasteiger partial charge in [0.2, 0.25) is 5.82 Å². The molecule has 1 aromatic heterocycles. The molecule has 1 aromatic carbocycles. The molecule has 0 aliphatic rings. The lowest BCUT2D eigenvalue weighted by atomic mass is 10.2. The maximum Gasteiger partial charge on any atom is 0.304 e. The van der Waals surface area contributed by atoms with Crippen LogP contribution in [-0.4, -0.2) is 15.8 Å². The van der Waals surface area contributed by atoms with Gasteiger partial charge >= 0.3 is 5.69 Å². The highest BCUT2D eigenvalue weighted by atomic mass is 19.1. The van der Waals surface area contributed by atoms with E-state index in [1.54, 1.807) is 12.1 Å². The summed E-state index contributed by atoms with van der Waals surface area (Å²) in [6.07, 6.45) is 0. The lowest BCUT2D eigenvalue weighted by molar-refractivity contribution is -0.387. The van der Waals surface area contributed by atoms with Crippen molar-refractivity contribution in [2.75, 3.05) is 10.7 Å². The molecule has 108 valence electrons. The summed E-state index contributed by atoms with van der Waals surface area (Å²) >= 11 is 0. The van der Waals surface area contributed by atoms with Crippen LogP contribution in [0.25, 0.3) is 0 Å². The molecule has 0 saturated carbocycles. The summed E-state index contributed by atoms with van der Waals surface area (Å²) in [6.45, 7) is 0. The van der Waals surface area contributed by atoms with Crippen molar-refractivity contribution in [1.82, 2.24) is 4.98 Å². The topological polar surface area (TPSA) is 123 Å². The van der Waals surface area contributed by atoms with E-state index in [1.807, 2.05) is 0 Å². The maximum absolute atomic E-state index is 13.4. The lowest BCUT2D eigenvalue weighted by Gasteiger charge is -2.06. The van der Waals surface area contributed by atoms with Crippen LogP contribution in [0.15, 0.2) is 36.4 Å². The van der Waals surface area contributed by atoms with E-state index < -0.39 is 22.3 Å². The number of benzene rings is 1. The molecule has 4 N–H and O–H groups in total. The van der Waals surface area contributed by atoms with Crippen LogP contribution in [0.2, 0.25) is 0 Å². The number of nitro groups is 1. The Bertz CT molecular complexity index is 707. The van der Waals surface area contributed by atoms with Crippen molar-refractivity contribution in [3.63, 3.8) is 0 Å². The van der Waals surface area contributed by atoms with Crippen molar-refractivity contribution in [3.05, 3.63) is 58.0 Å².